The van der Waals surface area contributed by atoms with Crippen LogP contribution in [0.5, 0.6) is 5.75 Å². The van der Waals surface area contributed by atoms with Gasteiger partial charge in [0.2, 0.25) is 0 Å². The number of ether oxygens (including phenoxy) is 2. The second kappa shape index (κ2) is 6.23. The molecule has 0 spiro atoms. The van der Waals surface area contributed by atoms with E-state index < -0.39 is 22.7 Å². The van der Waals surface area contributed by atoms with Crippen molar-refractivity contribution >= 4 is 17.6 Å². The van der Waals surface area contributed by atoms with Crippen LogP contribution in [0.1, 0.15) is 20.8 Å². The summed E-state index contributed by atoms with van der Waals surface area (Å²) in [7, 11) is 0. The number of likely N-dealkylation sites (tertiary alicyclic amines) is 1. The number of non-ortho nitro benzene ring substituents is 1. The number of nitrogens with zero attached hydrogens (tertiary/aromatic N) is 2. The van der Waals surface area contributed by atoms with Crippen LogP contribution in [0, 0.1) is 10.1 Å². The van der Waals surface area contributed by atoms with Crippen LogP contribution < -0.4 is 4.74 Å². The summed E-state index contributed by atoms with van der Waals surface area (Å²) in [6.45, 7) is 5.16. The number of hydrogen-bond donors (Lipinski definition) is 0. The SMILES string of the molecule is CC(C)(C)OC(=O)N1CC(=O)C(Oc2cccc([N+](=O)[O-])c2)C1. The summed E-state index contributed by atoms with van der Waals surface area (Å²) in [5.41, 5.74) is -0.781. The van der Waals surface area contributed by atoms with Crippen molar-refractivity contribution < 1.29 is 24.0 Å². The third-order valence-corrected chi connectivity index (χ3v) is 3.05. The average Bonchev–Trinajstić information content (AvgIpc) is 2.79. The van der Waals surface area contributed by atoms with E-state index in [1.165, 1.54) is 29.2 Å². The topological polar surface area (TPSA) is 99.0 Å². The molecule has 1 saturated heterocycles. The van der Waals surface area contributed by atoms with Crippen LogP contribution in [-0.2, 0) is 9.53 Å². The number of hydrogen-bond acceptors (Lipinski definition) is 6. The highest BCUT2D eigenvalue weighted by Crippen LogP contribution is 2.22. The Bertz CT molecular complexity index is 637. The van der Waals surface area contributed by atoms with Gasteiger partial charge in [0.1, 0.15) is 11.4 Å². The molecule has 2 rings (SSSR count). The van der Waals surface area contributed by atoms with Crippen LogP contribution in [0.15, 0.2) is 24.3 Å². The minimum absolute atomic E-state index is 0.0520. The standard InChI is InChI=1S/C15H18N2O6/c1-15(2,3)23-14(19)16-8-12(18)13(9-16)22-11-6-4-5-10(7-11)17(20)21/h4-7,13H,8-9H2,1-3H3. The molecule has 1 aliphatic rings. The molecule has 1 aromatic carbocycles. The lowest BCUT2D eigenvalue weighted by Gasteiger charge is -2.23. The number of nitro groups is 1. The van der Waals surface area contributed by atoms with E-state index in [4.69, 9.17) is 9.47 Å². The van der Waals surface area contributed by atoms with E-state index in [1.807, 2.05) is 0 Å². The Morgan fingerprint density at radius 3 is 2.70 bits per heavy atom. The number of rotatable bonds is 3. The highest BCUT2D eigenvalue weighted by Gasteiger charge is 2.37. The second-order valence-corrected chi connectivity index (χ2v) is 6.19. The van der Waals surface area contributed by atoms with Gasteiger partial charge in [0.05, 0.1) is 24.1 Å². The minimum atomic E-state index is -0.857. The van der Waals surface area contributed by atoms with Crippen LogP contribution >= 0.6 is 0 Å². The Morgan fingerprint density at radius 2 is 2.09 bits per heavy atom. The molecule has 0 saturated carbocycles. The van der Waals surface area contributed by atoms with E-state index in [0.717, 1.165) is 0 Å². The molecule has 1 aliphatic heterocycles. The van der Waals surface area contributed by atoms with Gasteiger partial charge in [-0.15, -0.1) is 0 Å². The molecule has 1 aromatic rings. The predicted octanol–water partition coefficient (Wildman–Crippen LogP) is 2.16. The molecule has 0 radical (unpaired) electrons. The van der Waals surface area contributed by atoms with E-state index in [-0.39, 0.29) is 30.3 Å². The van der Waals surface area contributed by atoms with Gasteiger partial charge in [-0.1, -0.05) is 6.07 Å². The minimum Gasteiger partial charge on any atom is -0.480 e. The van der Waals surface area contributed by atoms with Crippen LogP contribution in [0.4, 0.5) is 10.5 Å². The zero-order valence-corrected chi connectivity index (χ0v) is 13.1. The Kier molecular flexibility index (Phi) is 4.53. The zero-order valence-electron chi connectivity index (χ0n) is 13.1. The lowest BCUT2D eigenvalue weighted by atomic mass is 10.2. The first-order chi connectivity index (χ1) is 10.7. The summed E-state index contributed by atoms with van der Waals surface area (Å²) in [6, 6.07) is 5.56. The maximum absolute atomic E-state index is 12.0. The maximum atomic E-state index is 12.0. The molecule has 23 heavy (non-hydrogen) atoms. The molecule has 1 heterocycles. The molecule has 1 fully saturated rings. The van der Waals surface area contributed by atoms with Crippen molar-refractivity contribution in [3.63, 3.8) is 0 Å². The van der Waals surface area contributed by atoms with Gasteiger partial charge in [0, 0.05) is 6.07 Å². The van der Waals surface area contributed by atoms with Crippen molar-refractivity contribution in [1.82, 2.24) is 4.90 Å². The lowest BCUT2D eigenvalue weighted by Crippen LogP contribution is -2.36. The lowest BCUT2D eigenvalue weighted by molar-refractivity contribution is -0.384. The van der Waals surface area contributed by atoms with E-state index >= 15 is 0 Å². The number of benzene rings is 1. The summed E-state index contributed by atoms with van der Waals surface area (Å²) in [5.74, 6) is -0.0639. The van der Waals surface area contributed by atoms with Gasteiger partial charge in [-0.25, -0.2) is 4.79 Å². The van der Waals surface area contributed by atoms with E-state index in [9.17, 15) is 19.7 Å². The number of carbonyl (C=O) groups excluding carboxylic acids is 2. The normalized spacial score (nSPS) is 18.0. The average molecular weight is 322 g/mol. The van der Waals surface area contributed by atoms with Crippen LogP contribution in [0.25, 0.3) is 0 Å². The number of Topliss-reactive ketones (excluding diaryl/α,β-unsaturated/α-hetero) is 1. The quantitative estimate of drug-likeness (QED) is 0.624. The molecule has 0 bridgehead atoms. The van der Waals surface area contributed by atoms with E-state index in [1.54, 1.807) is 20.8 Å². The summed E-state index contributed by atoms with van der Waals surface area (Å²) in [4.78, 5) is 35.4. The summed E-state index contributed by atoms with van der Waals surface area (Å²) in [5, 5.41) is 10.7. The molecule has 8 nitrogen and oxygen atoms in total. The van der Waals surface area contributed by atoms with Crippen molar-refractivity contribution in [2.45, 2.75) is 32.5 Å². The summed E-state index contributed by atoms with van der Waals surface area (Å²) >= 11 is 0. The number of amides is 1. The highest BCUT2D eigenvalue weighted by atomic mass is 16.6. The summed E-state index contributed by atoms with van der Waals surface area (Å²) < 4.78 is 10.7. The Hall–Kier alpha value is -2.64. The number of nitro benzene ring substituents is 1. The van der Waals surface area contributed by atoms with Gasteiger partial charge >= 0.3 is 6.09 Å². The largest absolute Gasteiger partial charge is 0.480 e. The zero-order chi connectivity index (χ0) is 17.2. The monoisotopic (exact) mass is 322 g/mol. The fraction of sp³-hybridized carbons (Fsp3) is 0.467. The molecule has 0 aliphatic carbocycles. The maximum Gasteiger partial charge on any atom is 0.410 e. The smallest absolute Gasteiger partial charge is 0.410 e. The van der Waals surface area contributed by atoms with Crippen molar-refractivity contribution in [3.8, 4) is 5.75 Å². The highest BCUT2D eigenvalue weighted by molar-refractivity contribution is 5.91. The molecule has 0 N–H and O–H groups in total. The predicted molar refractivity (Wildman–Crippen MR) is 80.3 cm³/mol. The first kappa shape index (κ1) is 16.7. The Labute approximate surface area is 133 Å². The van der Waals surface area contributed by atoms with Crippen LogP contribution in [0.3, 0.4) is 0 Å². The number of carbonyl (C=O) groups is 2. The Morgan fingerprint density at radius 1 is 1.39 bits per heavy atom. The van der Waals surface area contributed by atoms with Crippen molar-refractivity contribution in [1.29, 1.82) is 0 Å². The van der Waals surface area contributed by atoms with E-state index in [2.05, 4.69) is 0 Å². The fourth-order valence-electron chi connectivity index (χ4n) is 2.06. The van der Waals surface area contributed by atoms with Crippen molar-refractivity contribution in [2.24, 2.45) is 0 Å². The molecular formula is C15H18N2O6. The van der Waals surface area contributed by atoms with E-state index in [0.29, 0.717) is 0 Å². The van der Waals surface area contributed by atoms with Gasteiger partial charge in [0.25, 0.3) is 5.69 Å². The fourth-order valence-corrected chi connectivity index (χ4v) is 2.06. The van der Waals surface area contributed by atoms with Gasteiger partial charge < -0.3 is 9.47 Å². The van der Waals surface area contributed by atoms with Crippen LogP contribution in [0.2, 0.25) is 0 Å². The van der Waals surface area contributed by atoms with Crippen molar-refractivity contribution in [2.75, 3.05) is 13.1 Å². The number of ketones is 1. The van der Waals surface area contributed by atoms with Crippen LogP contribution in [-0.4, -0.2) is 46.5 Å². The molecule has 1 atom stereocenters. The van der Waals surface area contributed by atoms with Gasteiger partial charge in [0.15, 0.2) is 11.9 Å². The second-order valence-electron chi connectivity index (χ2n) is 6.19. The molecule has 124 valence electrons. The molecule has 0 aromatic heterocycles. The van der Waals surface area contributed by atoms with Gasteiger partial charge in [-0.3, -0.25) is 19.8 Å². The molecule has 1 unspecified atom stereocenters. The summed E-state index contributed by atoms with van der Waals surface area (Å²) in [6.07, 6.45) is -1.44. The van der Waals surface area contributed by atoms with Gasteiger partial charge in [-0.05, 0) is 26.8 Å². The molecule has 1 amide bonds. The third-order valence-electron chi connectivity index (χ3n) is 3.05. The first-order valence-corrected chi connectivity index (χ1v) is 7.07. The van der Waals surface area contributed by atoms with Gasteiger partial charge in [-0.2, -0.15) is 0 Å². The van der Waals surface area contributed by atoms with Crippen molar-refractivity contribution in [3.05, 3.63) is 34.4 Å². The molecule has 8 heteroatoms. The third kappa shape index (κ3) is 4.41. The Balaban J connectivity index is 2.02. The first-order valence-electron chi connectivity index (χ1n) is 7.07. The molecular weight excluding hydrogens is 304 g/mol.